The topological polar surface area (TPSA) is 97.2 Å². The first-order valence-electron chi connectivity index (χ1n) is 9.83. The van der Waals surface area contributed by atoms with Gasteiger partial charge in [0.2, 0.25) is 11.8 Å². The molecule has 1 aliphatic heterocycles. The molecule has 3 heterocycles. The van der Waals surface area contributed by atoms with Gasteiger partial charge in [-0.3, -0.25) is 14.9 Å². The number of benzene rings is 2. The fraction of sp³-hybridized carbons (Fsp3) is 0.174. The number of H-pyrrole nitrogens is 1. The number of rotatable bonds is 6. The zero-order valence-electron chi connectivity index (χ0n) is 16.7. The van der Waals surface area contributed by atoms with Gasteiger partial charge in [-0.15, -0.1) is 0 Å². The number of oxazole rings is 1. The average molecular weight is 433 g/mol. The summed E-state index contributed by atoms with van der Waals surface area (Å²) in [5, 5.41) is 2.64. The molecule has 5 rings (SSSR count). The Kier molecular flexibility index (Phi) is 4.99. The van der Waals surface area contributed by atoms with Crippen molar-refractivity contribution in [2.24, 2.45) is 0 Å². The summed E-state index contributed by atoms with van der Waals surface area (Å²) >= 11 is 1.03. The monoisotopic (exact) mass is 433 g/mol. The van der Waals surface area contributed by atoms with Gasteiger partial charge in [-0.1, -0.05) is 30.0 Å². The summed E-state index contributed by atoms with van der Waals surface area (Å²) in [6.07, 6.45) is 0.466. The number of imide groups is 1. The Morgan fingerprint density at radius 3 is 2.74 bits per heavy atom. The number of thioether (sulfide) groups is 1. The van der Waals surface area contributed by atoms with Gasteiger partial charge in [0.1, 0.15) is 23.8 Å². The van der Waals surface area contributed by atoms with Crippen molar-refractivity contribution in [2.75, 3.05) is 0 Å². The lowest BCUT2D eigenvalue weighted by molar-refractivity contribution is -0.118. The van der Waals surface area contributed by atoms with Gasteiger partial charge in [-0.25, -0.2) is 4.98 Å². The zero-order chi connectivity index (χ0) is 21.4. The van der Waals surface area contributed by atoms with E-state index in [1.165, 1.54) is 0 Å². The SMILES string of the molecule is Cc1oc(-c2ccccc2)nc1COc1ccc2cc(CC3SC(=O)NC3=O)[nH]c2c1. The van der Waals surface area contributed by atoms with Gasteiger partial charge in [-0.2, -0.15) is 0 Å². The molecular formula is C23H19N3O4S. The van der Waals surface area contributed by atoms with Crippen molar-refractivity contribution in [1.82, 2.24) is 15.3 Å². The van der Waals surface area contributed by atoms with Crippen molar-refractivity contribution in [2.45, 2.75) is 25.2 Å². The number of carbonyl (C=O) groups excluding carboxylic acids is 2. The summed E-state index contributed by atoms with van der Waals surface area (Å²) < 4.78 is 11.7. The second-order valence-corrected chi connectivity index (χ2v) is 8.48. The number of carbonyl (C=O) groups is 2. The van der Waals surface area contributed by atoms with Crippen LogP contribution < -0.4 is 10.1 Å². The molecule has 7 nitrogen and oxygen atoms in total. The molecule has 8 heteroatoms. The highest BCUT2D eigenvalue weighted by Crippen LogP contribution is 2.27. The van der Waals surface area contributed by atoms with Crippen LogP contribution in [0.5, 0.6) is 5.75 Å². The number of nitrogens with zero attached hydrogens (tertiary/aromatic N) is 1. The van der Waals surface area contributed by atoms with Gasteiger partial charge in [0, 0.05) is 29.3 Å². The molecule has 1 atom stereocenters. The number of hydrogen-bond acceptors (Lipinski definition) is 6. The number of fused-ring (bicyclic) bond motifs is 1. The van der Waals surface area contributed by atoms with E-state index in [0.29, 0.717) is 24.7 Å². The van der Waals surface area contributed by atoms with Gasteiger partial charge in [0.15, 0.2) is 0 Å². The van der Waals surface area contributed by atoms with Crippen LogP contribution in [-0.4, -0.2) is 26.4 Å². The van der Waals surface area contributed by atoms with Gasteiger partial charge < -0.3 is 14.1 Å². The Labute approximate surface area is 182 Å². The number of hydrogen-bond donors (Lipinski definition) is 2. The summed E-state index contributed by atoms with van der Waals surface area (Å²) in [5.74, 6) is 1.76. The van der Waals surface area contributed by atoms with Crippen LogP contribution in [0.15, 0.2) is 59.0 Å². The van der Waals surface area contributed by atoms with Crippen LogP contribution in [0.1, 0.15) is 17.1 Å². The molecule has 2 amide bonds. The second-order valence-electron chi connectivity index (χ2n) is 7.31. The van der Waals surface area contributed by atoms with E-state index >= 15 is 0 Å². The van der Waals surface area contributed by atoms with Crippen molar-refractivity contribution >= 4 is 33.8 Å². The average Bonchev–Trinajstić information content (AvgIpc) is 3.43. The first-order chi connectivity index (χ1) is 15.0. The predicted octanol–water partition coefficient (Wildman–Crippen LogP) is 4.60. The van der Waals surface area contributed by atoms with Crippen molar-refractivity contribution in [3.63, 3.8) is 0 Å². The molecule has 0 bridgehead atoms. The van der Waals surface area contributed by atoms with E-state index in [1.807, 2.05) is 61.5 Å². The lowest BCUT2D eigenvalue weighted by atomic mass is 10.2. The fourth-order valence-electron chi connectivity index (χ4n) is 3.51. The molecule has 1 saturated heterocycles. The van der Waals surface area contributed by atoms with Gasteiger partial charge >= 0.3 is 0 Å². The minimum Gasteiger partial charge on any atom is -0.487 e. The van der Waals surface area contributed by atoms with Crippen LogP contribution in [0, 0.1) is 6.92 Å². The van der Waals surface area contributed by atoms with Crippen molar-refractivity contribution in [3.05, 3.63) is 71.7 Å². The van der Waals surface area contributed by atoms with Crippen LogP contribution in [0.3, 0.4) is 0 Å². The molecule has 4 aromatic rings. The van der Waals surface area contributed by atoms with Crippen LogP contribution in [0.4, 0.5) is 4.79 Å². The van der Waals surface area contributed by atoms with Crippen LogP contribution in [-0.2, 0) is 17.8 Å². The van der Waals surface area contributed by atoms with Gasteiger partial charge in [0.05, 0.1) is 5.25 Å². The van der Waals surface area contributed by atoms with Gasteiger partial charge in [0.25, 0.3) is 5.24 Å². The molecule has 1 fully saturated rings. The largest absolute Gasteiger partial charge is 0.487 e. The zero-order valence-corrected chi connectivity index (χ0v) is 17.5. The summed E-state index contributed by atoms with van der Waals surface area (Å²) in [6, 6.07) is 17.5. The molecule has 2 N–H and O–H groups in total. The van der Waals surface area contributed by atoms with E-state index in [9.17, 15) is 9.59 Å². The predicted molar refractivity (Wildman–Crippen MR) is 118 cm³/mol. The third-order valence-corrected chi connectivity index (χ3v) is 6.09. The van der Waals surface area contributed by atoms with Crippen LogP contribution >= 0.6 is 11.8 Å². The number of nitrogens with one attached hydrogen (secondary N) is 2. The molecule has 0 radical (unpaired) electrons. The van der Waals surface area contributed by atoms with Crippen molar-refractivity contribution < 1.29 is 18.7 Å². The maximum Gasteiger partial charge on any atom is 0.286 e. The lowest BCUT2D eigenvalue weighted by Gasteiger charge is -2.04. The van der Waals surface area contributed by atoms with E-state index in [-0.39, 0.29) is 11.1 Å². The molecule has 0 spiro atoms. The Morgan fingerprint density at radius 2 is 1.97 bits per heavy atom. The Balaban J connectivity index is 1.29. The molecule has 0 aliphatic carbocycles. The highest BCUT2D eigenvalue weighted by atomic mass is 32.2. The summed E-state index contributed by atoms with van der Waals surface area (Å²) in [7, 11) is 0. The fourth-order valence-corrected chi connectivity index (χ4v) is 4.36. The van der Waals surface area contributed by atoms with E-state index in [4.69, 9.17) is 9.15 Å². The second kappa shape index (κ2) is 7.96. The molecular weight excluding hydrogens is 414 g/mol. The third-order valence-electron chi connectivity index (χ3n) is 5.11. The quantitative estimate of drug-likeness (QED) is 0.461. The van der Waals surface area contributed by atoms with Crippen molar-refractivity contribution in [3.8, 4) is 17.2 Å². The first kappa shape index (κ1) is 19.4. The summed E-state index contributed by atoms with van der Waals surface area (Å²) in [5.41, 5.74) is 3.48. The van der Waals surface area contributed by atoms with E-state index in [0.717, 1.165) is 45.4 Å². The molecule has 1 unspecified atom stereocenters. The summed E-state index contributed by atoms with van der Waals surface area (Å²) in [4.78, 5) is 31.0. The molecule has 156 valence electrons. The Hall–Kier alpha value is -3.52. The number of aryl methyl sites for hydroxylation is 1. The molecule has 1 aliphatic rings. The Morgan fingerprint density at radius 1 is 1.13 bits per heavy atom. The maximum atomic E-state index is 11.8. The standard InChI is InChI=1S/C23H19N3O4S/c1-13-19(25-22(30-13)14-5-3-2-4-6-14)12-29-17-8-7-15-9-16(24-18(15)11-17)10-20-21(27)26-23(28)31-20/h2-9,11,20,24H,10,12H2,1H3,(H,26,27,28). The van der Waals surface area contributed by atoms with Gasteiger partial charge in [-0.05, 0) is 42.6 Å². The minimum atomic E-state index is -0.398. The highest BCUT2D eigenvalue weighted by Gasteiger charge is 2.31. The molecule has 31 heavy (non-hydrogen) atoms. The number of aromatic nitrogens is 2. The number of amides is 2. The normalized spacial score (nSPS) is 16.1. The summed E-state index contributed by atoms with van der Waals surface area (Å²) in [6.45, 7) is 2.17. The highest BCUT2D eigenvalue weighted by molar-refractivity contribution is 8.15. The maximum absolute atomic E-state index is 11.8. The first-order valence-corrected chi connectivity index (χ1v) is 10.7. The minimum absolute atomic E-state index is 0.240. The third kappa shape index (κ3) is 4.06. The Bertz CT molecular complexity index is 1280. The lowest BCUT2D eigenvalue weighted by Crippen LogP contribution is -2.25. The van der Waals surface area contributed by atoms with Crippen LogP contribution in [0.25, 0.3) is 22.4 Å². The number of aromatic amines is 1. The smallest absolute Gasteiger partial charge is 0.286 e. The number of ether oxygens (including phenoxy) is 1. The molecule has 0 saturated carbocycles. The van der Waals surface area contributed by atoms with E-state index in [1.54, 1.807) is 0 Å². The molecule has 2 aromatic heterocycles. The molecule has 2 aromatic carbocycles. The van der Waals surface area contributed by atoms with E-state index < -0.39 is 5.25 Å². The van der Waals surface area contributed by atoms with E-state index in [2.05, 4.69) is 15.3 Å². The van der Waals surface area contributed by atoms with Crippen LogP contribution in [0.2, 0.25) is 0 Å². The van der Waals surface area contributed by atoms with Crippen molar-refractivity contribution in [1.29, 1.82) is 0 Å².